The molecule has 0 saturated carbocycles. The molecule has 1 atom stereocenters. The maximum absolute atomic E-state index is 12.8. The molecule has 0 aliphatic carbocycles. The first-order valence-electron chi connectivity index (χ1n) is 14.1. The van der Waals surface area contributed by atoms with Gasteiger partial charge in [0.15, 0.2) is 0 Å². The molecule has 0 unspecified atom stereocenters. The van der Waals surface area contributed by atoms with E-state index in [0.717, 1.165) is 55.9 Å². The number of carboxylic acid groups (broad SMARTS) is 1. The SMILES string of the molecule is Cc1ccc(OCCN(CCCCc2ccc3c(n2)NCCC3)CC[C@H](Nc2ncc(C(F)(F)F)cn2)C(=O)O)cn1. The van der Waals surface area contributed by atoms with Crippen LogP contribution in [0.15, 0.2) is 42.9 Å². The van der Waals surface area contributed by atoms with E-state index in [1.165, 1.54) is 5.56 Å². The molecule has 0 bridgehead atoms. The number of carbonyl (C=O) groups is 1. The molecule has 1 aliphatic heterocycles. The molecule has 3 N–H and O–H groups in total. The Balaban J connectivity index is 1.31. The van der Waals surface area contributed by atoms with Gasteiger partial charge in [-0.25, -0.2) is 19.7 Å². The van der Waals surface area contributed by atoms with Crippen molar-refractivity contribution in [3.05, 3.63) is 65.4 Å². The fourth-order valence-corrected chi connectivity index (χ4v) is 4.59. The van der Waals surface area contributed by atoms with Gasteiger partial charge in [0.25, 0.3) is 0 Å². The van der Waals surface area contributed by atoms with Gasteiger partial charge in [-0.3, -0.25) is 9.88 Å². The van der Waals surface area contributed by atoms with Crippen LogP contribution in [0.5, 0.6) is 5.75 Å². The Labute approximate surface area is 242 Å². The lowest BCUT2D eigenvalue weighted by Gasteiger charge is -2.24. The van der Waals surface area contributed by atoms with Crippen molar-refractivity contribution in [3.8, 4) is 5.75 Å². The molecule has 42 heavy (non-hydrogen) atoms. The summed E-state index contributed by atoms with van der Waals surface area (Å²) in [5, 5.41) is 15.8. The molecule has 0 fully saturated rings. The highest BCUT2D eigenvalue weighted by Crippen LogP contribution is 2.28. The molecule has 1 aliphatic rings. The fourth-order valence-electron chi connectivity index (χ4n) is 4.59. The van der Waals surface area contributed by atoms with E-state index in [2.05, 4.69) is 42.6 Å². The molecule has 3 aromatic heterocycles. The number of anilines is 2. The van der Waals surface area contributed by atoms with Crippen LogP contribution in [0.4, 0.5) is 24.9 Å². The van der Waals surface area contributed by atoms with Crippen LogP contribution in [0, 0.1) is 6.92 Å². The quantitative estimate of drug-likeness (QED) is 0.217. The van der Waals surface area contributed by atoms with E-state index in [-0.39, 0.29) is 12.4 Å². The van der Waals surface area contributed by atoms with Crippen molar-refractivity contribution in [1.29, 1.82) is 0 Å². The van der Waals surface area contributed by atoms with E-state index >= 15 is 0 Å². The van der Waals surface area contributed by atoms with Gasteiger partial charge in [0, 0.05) is 43.4 Å². The summed E-state index contributed by atoms with van der Waals surface area (Å²) in [6.07, 6.45) is 3.30. The lowest BCUT2D eigenvalue weighted by Crippen LogP contribution is -2.37. The highest BCUT2D eigenvalue weighted by molar-refractivity contribution is 5.76. The summed E-state index contributed by atoms with van der Waals surface area (Å²) in [4.78, 5) is 30.3. The third kappa shape index (κ3) is 9.54. The van der Waals surface area contributed by atoms with Gasteiger partial charge >= 0.3 is 12.1 Å². The zero-order chi connectivity index (χ0) is 30.0. The predicted molar refractivity (Wildman–Crippen MR) is 152 cm³/mol. The van der Waals surface area contributed by atoms with Crippen molar-refractivity contribution in [2.45, 2.75) is 57.7 Å². The van der Waals surface area contributed by atoms with E-state index in [1.54, 1.807) is 6.20 Å². The molecule has 0 aromatic carbocycles. The number of aromatic nitrogens is 4. The Morgan fingerprint density at radius 1 is 1.10 bits per heavy atom. The number of rotatable bonds is 15. The van der Waals surface area contributed by atoms with Gasteiger partial charge in [0.2, 0.25) is 5.95 Å². The number of aliphatic carboxylic acids is 1. The number of hydrogen-bond acceptors (Lipinski definition) is 9. The molecular weight excluding hydrogens is 551 g/mol. The van der Waals surface area contributed by atoms with Crippen LogP contribution in [0.1, 0.15) is 48.2 Å². The van der Waals surface area contributed by atoms with Gasteiger partial charge in [0.1, 0.15) is 24.2 Å². The number of aryl methyl sites for hydroxylation is 3. The number of halogens is 3. The Morgan fingerprint density at radius 3 is 2.62 bits per heavy atom. The predicted octanol–water partition coefficient (Wildman–Crippen LogP) is 4.61. The smallest absolute Gasteiger partial charge is 0.419 e. The maximum atomic E-state index is 12.8. The summed E-state index contributed by atoms with van der Waals surface area (Å²) in [5.74, 6) is 0.307. The number of hydrogen-bond donors (Lipinski definition) is 3. The third-order valence-electron chi connectivity index (χ3n) is 6.98. The summed E-state index contributed by atoms with van der Waals surface area (Å²) in [7, 11) is 0. The van der Waals surface area contributed by atoms with E-state index in [1.807, 2.05) is 19.1 Å². The van der Waals surface area contributed by atoms with E-state index < -0.39 is 23.8 Å². The summed E-state index contributed by atoms with van der Waals surface area (Å²) in [5.41, 5.74) is 2.17. The number of nitrogens with zero attached hydrogens (tertiary/aromatic N) is 5. The second-order valence-electron chi connectivity index (χ2n) is 10.2. The first-order valence-corrected chi connectivity index (χ1v) is 14.1. The first kappa shape index (κ1) is 30.9. The van der Waals surface area contributed by atoms with Crippen LogP contribution >= 0.6 is 0 Å². The number of unbranched alkanes of at least 4 members (excludes halogenated alkanes) is 1. The van der Waals surface area contributed by atoms with Crippen molar-refractivity contribution in [1.82, 2.24) is 24.8 Å². The summed E-state index contributed by atoms with van der Waals surface area (Å²) in [6, 6.07) is 6.86. The van der Waals surface area contributed by atoms with Gasteiger partial charge in [0.05, 0.1) is 11.8 Å². The van der Waals surface area contributed by atoms with Crippen molar-refractivity contribution < 1.29 is 27.8 Å². The molecular formula is C29H36F3N7O3. The molecule has 3 aromatic rings. The van der Waals surface area contributed by atoms with Crippen LogP contribution < -0.4 is 15.4 Å². The molecule has 0 spiro atoms. The molecule has 0 amide bonds. The molecule has 0 radical (unpaired) electrons. The lowest BCUT2D eigenvalue weighted by atomic mass is 10.1. The zero-order valence-corrected chi connectivity index (χ0v) is 23.5. The van der Waals surface area contributed by atoms with E-state index in [0.29, 0.717) is 44.4 Å². The number of carboxylic acids is 1. The highest BCUT2D eigenvalue weighted by Gasteiger charge is 2.31. The molecule has 10 nitrogen and oxygen atoms in total. The number of pyridine rings is 2. The van der Waals surface area contributed by atoms with Gasteiger partial charge in [-0.05, 0) is 75.8 Å². The number of ether oxygens (including phenoxy) is 1. The first-order chi connectivity index (χ1) is 20.2. The zero-order valence-electron chi connectivity index (χ0n) is 23.5. The minimum Gasteiger partial charge on any atom is -0.491 e. The fraction of sp³-hybridized carbons (Fsp3) is 0.483. The number of alkyl halides is 3. The van der Waals surface area contributed by atoms with Crippen molar-refractivity contribution in [2.24, 2.45) is 0 Å². The minimum absolute atomic E-state index is 0.177. The van der Waals surface area contributed by atoms with Crippen molar-refractivity contribution >= 4 is 17.7 Å². The van der Waals surface area contributed by atoms with Crippen molar-refractivity contribution in [3.63, 3.8) is 0 Å². The standard InChI is InChI=1S/C29H36F3N7O3/c1-20-7-10-24(19-34-20)42-16-15-39(13-3-2-6-23-9-8-21-5-4-12-33-26(21)37-23)14-11-25(27(40)41)38-28-35-17-22(18-36-28)29(30,31)32/h7-10,17-19,25H,2-6,11-16H2,1H3,(H,33,37)(H,40,41)(H,35,36,38)/t25-/m0/s1. The average molecular weight is 588 g/mol. The topological polar surface area (TPSA) is 125 Å². The molecule has 226 valence electrons. The Morgan fingerprint density at radius 2 is 1.90 bits per heavy atom. The second kappa shape index (κ2) is 14.8. The highest BCUT2D eigenvalue weighted by atomic mass is 19.4. The Hall–Kier alpha value is -4.00. The van der Waals surface area contributed by atoms with Crippen LogP contribution in [-0.4, -0.2) is 74.7 Å². The van der Waals surface area contributed by atoms with Crippen LogP contribution in [-0.2, 0) is 23.8 Å². The normalized spacial score (nSPS) is 13.7. The summed E-state index contributed by atoms with van der Waals surface area (Å²) >= 11 is 0. The second-order valence-corrected chi connectivity index (χ2v) is 10.2. The Kier molecular flexibility index (Phi) is 10.9. The van der Waals surface area contributed by atoms with Gasteiger partial charge in [-0.1, -0.05) is 6.07 Å². The largest absolute Gasteiger partial charge is 0.491 e. The maximum Gasteiger partial charge on any atom is 0.419 e. The van der Waals surface area contributed by atoms with E-state index in [9.17, 15) is 23.1 Å². The number of fused-ring (bicyclic) bond motifs is 1. The van der Waals surface area contributed by atoms with Crippen LogP contribution in [0.2, 0.25) is 0 Å². The average Bonchev–Trinajstić information content (AvgIpc) is 2.97. The van der Waals surface area contributed by atoms with Crippen LogP contribution in [0.3, 0.4) is 0 Å². The van der Waals surface area contributed by atoms with Gasteiger partial charge in [-0.2, -0.15) is 13.2 Å². The lowest BCUT2D eigenvalue weighted by molar-refractivity contribution is -0.139. The molecule has 4 heterocycles. The molecule has 13 heteroatoms. The minimum atomic E-state index is -4.57. The summed E-state index contributed by atoms with van der Waals surface area (Å²) in [6.45, 7) is 4.90. The van der Waals surface area contributed by atoms with Crippen LogP contribution in [0.25, 0.3) is 0 Å². The summed E-state index contributed by atoms with van der Waals surface area (Å²) < 4.78 is 44.3. The molecule has 0 saturated heterocycles. The number of nitrogens with one attached hydrogen (secondary N) is 2. The third-order valence-corrected chi connectivity index (χ3v) is 6.98. The molecule has 4 rings (SSSR count). The van der Waals surface area contributed by atoms with Gasteiger partial charge in [-0.15, -0.1) is 0 Å². The van der Waals surface area contributed by atoms with E-state index in [4.69, 9.17) is 9.72 Å². The Bertz CT molecular complexity index is 1290. The van der Waals surface area contributed by atoms with Gasteiger partial charge < -0.3 is 20.5 Å². The monoisotopic (exact) mass is 587 g/mol. The van der Waals surface area contributed by atoms with Crippen molar-refractivity contribution in [2.75, 3.05) is 43.4 Å².